The van der Waals surface area contributed by atoms with Crippen molar-refractivity contribution in [1.29, 1.82) is 0 Å². The minimum absolute atomic E-state index is 0.0590. The van der Waals surface area contributed by atoms with Crippen LogP contribution in [-0.2, 0) is 0 Å². The summed E-state index contributed by atoms with van der Waals surface area (Å²) in [5.41, 5.74) is 0.333. The highest BCUT2D eigenvalue weighted by Gasteiger charge is 2.42. The van der Waals surface area contributed by atoms with Gasteiger partial charge in [-0.1, -0.05) is 0 Å². The molecule has 1 atom stereocenters. The van der Waals surface area contributed by atoms with Gasteiger partial charge in [-0.05, 0) is 25.0 Å². The number of amides is 2. The van der Waals surface area contributed by atoms with E-state index in [1.54, 1.807) is 12.1 Å². The molecule has 1 saturated heterocycles. The second-order valence-electron chi connectivity index (χ2n) is 4.82. The smallest absolute Gasteiger partial charge is 0.393 e. The number of nitrogens with one attached hydrogen (secondary N) is 1. The second kappa shape index (κ2) is 6.19. The lowest BCUT2D eigenvalue weighted by atomic mass is 9.98. The summed E-state index contributed by atoms with van der Waals surface area (Å²) in [6.07, 6.45) is -2.38. The minimum atomic E-state index is -4.27. The predicted molar refractivity (Wildman–Crippen MR) is 70.2 cm³/mol. The summed E-state index contributed by atoms with van der Waals surface area (Å²) in [6.45, 7) is -0.0150. The standard InChI is InChI=1S/C13H16F3N3O2/c1-21-11-10(5-2-6-17-11)18-12(20)19-7-3-4-9(8-19)13(14,15)16/h2,5-6,9H,3-4,7-8H2,1H3,(H,18,20). The normalized spacial score (nSPS) is 19.2. The number of pyridine rings is 1. The predicted octanol–water partition coefficient (Wildman–Crippen LogP) is 2.90. The van der Waals surface area contributed by atoms with Gasteiger partial charge in [0.2, 0.25) is 5.88 Å². The van der Waals surface area contributed by atoms with Gasteiger partial charge in [-0.3, -0.25) is 0 Å². The maximum Gasteiger partial charge on any atom is 0.393 e. The van der Waals surface area contributed by atoms with E-state index in [-0.39, 0.29) is 18.8 Å². The molecule has 0 saturated carbocycles. The Morgan fingerprint density at radius 3 is 2.95 bits per heavy atom. The van der Waals surface area contributed by atoms with Gasteiger partial charge in [0, 0.05) is 19.3 Å². The van der Waals surface area contributed by atoms with Gasteiger partial charge in [0.15, 0.2) is 0 Å². The van der Waals surface area contributed by atoms with Gasteiger partial charge in [-0.2, -0.15) is 13.2 Å². The summed E-state index contributed by atoms with van der Waals surface area (Å²) in [7, 11) is 1.40. The van der Waals surface area contributed by atoms with Crippen molar-refractivity contribution >= 4 is 11.7 Å². The minimum Gasteiger partial charge on any atom is -0.480 e. The Hall–Kier alpha value is -1.99. The van der Waals surface area contributed by atoms with Crippen molar-refractivity contribution in [2.24, 2.45) is 5.92 Å². The van der Waals surface area contributed by atoms with Crippen LogP contribution < -0.4 is 10.1 Å². The molecule has 2 amide bonds. The molecule has 1 aliphatic rings. The molecule has 1 aliphatic heterocycles. The lowest BCUT2D eigenvalue weighted by molar-refractivity contribution is -0.183. The third-order valence-electron chi connectivity index (χ3n) is 3.38. The van der Waals surface area contributed by atoms with E-state index < -0.39 is 18.1 Å². The Labute approximate surface area is 120 Å². The first-order chi connectivity index (χ1) is 9.91. The van der Waals surface area contributed by atoms with Crippen molar-refractivity contribution < 1.29 is 22.7 Å². The fourth-order valence-electron chi connectivity index (χ4n) is 2.27. The Morgan fingerprint density at radius 2 is 2.29 bits per heavy atom. The summed E-state index contributed by atoms with van der Waals surface area (Å²) in [5, 5.41) is 2.54. The molecular formula is C13H16F3N3O2. The van der Waals surface area contributed by atoms with E-state index in [1.807, 2.05) is 0 Å². The van der Waals surface area contributed by atoms with E-state index in [9.17, 15) is 18.0 Å². The highest BCUT2D eigenvalue weighted by molar-refractivity contribution is 5.90. The van der Waals surface area contributed by atoms with Gasteiger partial charge < -0.3 is 15.0 Å². The number of urea groups is 1. The summed E-state index contributed by atoms with van der Waals surface area (Å²) in [6, 6.07) is 2.61. The maximum atomic E-state index is 12.7. The molecule has 116 valence electrons. The SMILES string of the molecule is COc1ncccc1NC(=O)N1CCCC(C(F)(F)F)C1. The zero-order chi connectivity index (χ0) is 15.5. The van der Waals surface area contributed by atoms with Crippen molar-refractivity contribution in [2.75, 3.05) is 25.5 Å². The van der Waals surface area contributed by atoms with E-state index in [4.69, 9.17) is 4.74 Å². The largest absolute Gasteiger partial charge is 0.480 e. The molecule has 0 aliphatic carbocycles. The first kappa shape index (κ1) is 15.4. The molecule has 5 nitrogen and oxygen atoms in total. The number of likely N-dealkylation sites (tertiary alicyclic amines) is 1. The molecule has 1 aromatic rings. The van der Waals surface area contributed by atoms with E-state index in [0.717, 1.165) is 0 Å². The van der Waals surface area contributed by atoms with Crippen LogP contribution in [0.25, 0.3) is 0 Å². The van der Waals surface area contributed by atoms with Gasteiger partial charge in [0.05, 0.1) is 13.0 Å². The van der Waals surface area contributed by atoms with Gasteiger partial charge in [0.1, 0.15) is 5.69 Å². The van der Waals surface area contributed by atoms with Crippen LogP contribution in [0.1, 0.15) is 12.8 Å². The highest BCUT2D eigenvalue weighted by atomic mass is 19.4. The van der Waals surface area contributed by atoms with E-state index in [2.05, 4.69) is 10.3 Å². The number of nitrogens with zero attached hydrogens (tertiary/aromatic N) is 2. The monoisotopic (exact) mass is 303 g/mol. The van der Waals surface area contributed by atoms with E-state index in [1.165, 1.54) is 18.2 Å². The number of hydrogen-bond acceptors (Lipinski definition) is 3. The number of anilines is 1. The van der Waals surface area contributed by atoms with Crippen LogP contribution >= 0.6 is 0 Å². The average molecular weight is 303 g/mol. The quantitative estimate of drug-likeness (QED) is 0.914. The molecule has 0 aromatic carbocycles. The lowest BCUT2D eigenvalue weighted by Crippen LogP contribution is -2.46. The number of rotatable bonds is 2. The molecule has 21 heavy (non-hydrogen) atoms. The van der Waals surface area contributed by atoms with Crippen LogP contribution in [-0.4, -0.2) is 42.3 Å². The molecule has 2 heterocycles. The molecule has 0 spiro atoms. The van der Waals surface area contributed by atoms with Crippen molar-refractivity contribution in [3.8, 4) is 5.88 Å². The topological polar surface area (TPSA) is 54.5 Å². The number of hydrogen-bond donors (Lipinski definition) is 1. The molecule has 0 bridgehead atoms. The third-order valence-corrected chi connectivity index (χ3v) is 3.38. The van der Waals surface area contributed by atoms with Crippen LogP contribution in [0.3, 0.4) is 0 Å². The number of methoxy groups -OCH3 is 1. The first-order valence-electron chi connectivity index (χ1n) is 6.53. The van der Waals surface area contributed by atoms with Gasteiger partial charge in [-0.25, -0.2) is 9.78 Å². The highest BCUT2D eigenvalue weighted by Crippen LogP contribution is 2.33. The molecule has 8 heteroatoms. The zero-order valence-electron chi connectivity index (χ0n) is 11.5. The fourth-order valence-corrected chi connectivity index (χ4v) is 2.27. The summed E-state index contributed by atoms with van der Waals surface area (Å²) < 4.78 is 43.2. The van der Waals surface area contributed by atoms with Crippen LogP contribution in [0.2, 0.25) is 0 Å². The van der Waals surface area contributed by atoms with Crippen LogP contribution in [0.5, 0.6) is 5.88 Å². The van der Waals surface area contributed by atoms with Gasteiger partial charge in [-0.15, -0.1) is 0 Å². The number of alkyl halides is 3. The Balaban J connectivity index is 2.03. The second-order valence-corrected chi connectivity index (χ2v) is 4.82. The molecule has 1 fully saturated rings. The number of carbonyl (C=O) groups excluding carboxylic acids is 1. The molecule has 1 unspecified atom stereocenters. The van der Waals surface area contributed by atoms with E-state index in [0.29, 0.717) is 18.7 Å². The third kappa shape index (κ3) is 3.77. The van der Waals surface area contributed by atoms with Crippen molar-refractivity contribution in [3.63, 3.8) is 0 Å². The Bertz CT molecular complexity index is 508. The number of halogens is 3. The van der Waals surface area contributed by atoms with Crippen LogP contribution in [0, 0.1) is 5.92 Å². The van der Waals surface area contributed by atoms with Crippen molar-refractivity contribution in [2.45, 2.75) is 19.0 Å². The number of piperidine rings is 1. The first-order valence-corrected chi connectivity index (χ1v) is 6.53. The van der Waals surface area contributed by atoms with Crippen molar-refractivity contribution in [3.05, 3.63) is 18.3 Å². The Morgan fingerprint density at radius 1 is 1.52 bits per heavy atom. The maximum absolute atomic E-state index is 12.7. The van der Waals surface area contributed by atoms with E-state index >= 15 is 0 Å². The number of ether oxygens (including phenoxy) is 1. The number of carbonyl (C=O) groups is 1. The van der Waals surface area contributed by atoms with Crippen LogP contribution in [0.15, 0.2) is 18.3 Å². The zero-order valence-corrected chi connectivity index (χ0v) is 11.5. The molecule has 2 rings (SSSR count). The fraction of sp³-hybridized carbons (Fsp3) is 0.538. The van der Waals surface area contributed by atoms with Gasteiger partial charge >= 0.3 is 12.2 Å². The molecule has 1 N–H and O–H groups in total. The average Bonchev–Trinajstić information content (AvgIpc) is 2.47. The lowest BCUT2D eigenvalue weighted by Gasteiger charge is -2.33. The Kier molecular flexibility index (Phi) is 4.54. The van der Waals surface area contributed by atoms with Crippen LogP contribution in [0.4, 0.5) is 23.7 Å². The molecular weight excluding hydrogens is 287 g/mol. The summed E-state index contributed by atoms with van der Waals surface area (Å²) in [5.74, 6) is -1.25. The summed E-state index contributed by atoms with van der Waals surface area (Å²) >= 11 is 0. The number of aromatic nitrogens is 1. The summed E-state index contributed by atoms with van der Waals surface area (Å²) in [4.78, 5) is 17.2. The van der Waals surface area contributed by atoms with Gasteiger partial charge in [0.25, 0.3) is 0 Å². The van der Waals surface area contributed by atoms with Crippen molar-refractivity contribution in [1.82, 2.24) is 9.88 Å². The molecule has 0 radical (unpaired) electrons. The molecule has 1 aromatic heterocycles.